The maximum absolute atomic E-state index is 6.90. The van der Waals surface area contributed by atoms with Crippen LogP contribution in [0.4, 0.5) is 0 Å². The zero-order valence-electron chi connectivity index (χ0n) is 43.7. The Hall–Kier alpha value is -4.58. The van der Waals surface area contributed by atoms with E-state index in [0.717, 1.165) is 119 Å². The van der Waals surface area contributed by atoms with Gasteiger partial charge in [0.1, 0.15) is 34.5 Å². The summed E-state index contributed by atoms with van der Waals surface area (Å²) in [5.74, 6) is 5.25. The van der Waals surface area contributed by atoms with E-state index >= 15 is 0 Å². The zero-order valence-corrected chi connectivity index (χ0v) is 43.7. The van der Waals surface area contributed by atoms with Gasteiger partial charge in [-0.2, -0.15) is 0 Å². The Morgan fingerprint density at radius 2 is 0.676 bits per heavy atom. The normalized spacial score (nSPS) is 11.6. The van der Waals surface area contributed by atoms with Gasteiger partial charge in [-0.1, -0.05) is 187 Å². The van der Waals surface area contributed by atoms with E-state index in [1.54, 1.807) is 0 Å². The summed E-state index contributed by atoms with van der Waals surface area (Å²) < 4.78 is 39.1. The Morgan fingerprint density at radius 3 is 1.12 bits per heavy atom. The number of hydrogen-bond donors (Lipinski definition) is 0. The minimum absolute atomic E-state index is 0.644. The summed E-state index contributed by atoms with van der Waals surface area (Å²) in [5.41, 5.74) is 4.07. The first-order chi connectivity index (χ1) is 33.5. The summed E-state index contributed by atoms with van der Waals surface area (Å²) in [4.78, 5) is 0. The summed E-state index contributed by atoms with van der Waals surface area (Å²) in [6, 6.07) is 21.4. The Morgan fingerprint density at radius 1 is 0.294 bits per heavy atom. The van der Waals surface area contributed by atoms with E-state index in [0.29, 0.717) is 39.6 Å². The van der Waals surface area contributed by atoms with Crippen molar-refractivity contribution in [2.75, 3.05) is 39.6 Å². The average Bonchev–Trinajstić information content (AvgIpc) is 3.35. The molecule has 4 aromatic rings. The zero-order chi connectivity index (χ0) is 48.3. The molecule has 0 heterocycles. The molecule has 0 aliphatic heterocycles. The molecule has 0 bridgehead atoms. The van der Waals surface area contributed by atoms with Crippen molar-refractivity contribution in [1.29, 1.82) is 0 Å². The fourth-order valence-corrected chi connectivity index (χ4v) is 8.32. The molecule has 0 spiro atoms. The Labute approximate surface area is 414 Å². The highest BCUT2D eigenvalue weighted by atomic mass is 16.5. The molecule has 0 saturated carbocycles. The topological polar surface area (TPSA) is 55.4 Å². The van der Waals surface area contributed by atoms with Crippen LogP contribution >= 0.6 is 0 Å². The quantitative estimate of drug-likeness (QED) is 0.0327. The van der Waals surface area contributed by atoms with Gasteiger partial charge in [-0.15, -0.1) is 0 Å². The fraction of sp³-hybridized carbons (Fsp3) is 0.581. The minimum Gasteiger partial charge on any atom is -0.494 e. The predicted octanol–water partition coefficient (Wildman–Crippen LogP) is 18.9. The lowest BCUT2D eigenvalue weighted by atomic mass is 9.99. The molecule has 0 saturated heterocycles. The van der Waals surface area contributed by atoms with Gasteiger partial charge in [0, 0.05) is 27.5 Å². The monoisotopic (exact) mass is 933 g/mol. The molecule has 0 aliphatic carbocycles. The first-order valence-corrected chi connectivity index (χ1v) is 27.6. The molecule has 0 N–H and O–H groups in total. The van der Waals surface area contributed by atoms with Crippen LogP contribution < -0.4 is 28.4 Å². The molecule has 4 aromatic carbocycles. The van der Waals surface area contributed by atoms with E-state index < -0.39 is 0 Å². The molecule has 0 fully saturated rings. The van der Waals surface area contributed by atoms with Crippen molar-refractivity contribution < 1.29 is 28.4 Å². The highest BCUT2D eigenvalue weighted by molar-refractivity contribution is 5.98. The highest BCUT2D eigenvalue weighted by Gasteiger charge is 2.15. The van der Waals surface area contributed by atoms with Gasteiger partial charge >= 0.3 is 0 Å². The Balaban J connectivity index is 1.79. The Bertz CT molecular complexity index is 2000. The van der Waals surface area contributed by atoms with Crippen molar-refractivity contribution in [3.05, 3.63) is 82.9 Å². The van der Waals surface area contributed by atoms with E-state index in [4.69, 9.17) is 28.4 Å². The summed E-state index contributed by atoms with van der Waals surface area (Å²) in [6.07, 6.45) is 36.5. The molecular weight excluding hydrogens is 841 g/mol. The third kappa shape index (κ3) is 21.4. The maximum atomic E-state index is 6.90. The molecule has 6 nitrogen and oxygen atoms in total. The molecule has 0 unspecified atom stereocenters. The van der Waals surface area contributed by atoms with Crippen molar-refractivity contribution >= 4 is 35.1 Å². The molecule has 6 heteroatoms. The molecule has 0 aromatic heterocycles. The number of benzene rings is 4. The van der Waals surface area contributed by atoms with Crippen LogP contribution in [0.2, 0.25) is 0 Å². The lowest BCUT2D eigenvalue weighted by molar-refractivity contribution is 0.296. The third-order valence-electron chi connectivity index (χ3n) is 12.5. The largest absolute Gasteiger partial charge is 0.494 e. The summed E-state index contributed by atoms with van der Waals surface area (Å²) in [5, 5.41) is 2.10. The van der Waals surface area contributed by atoms with Gasteiger partial charge in [0.25, 0.3) is 0 Å². The lowest BCUT2D eigenvalue weighted by Gasteiger charge is -2.17. The van der Waals surface area contributed by atoms with Crippen molar-refractivity contribution in [2.24, 2.45) is 0 Å². The third-order valence-corrected chi connectivity index (χ3v) is 12.5. The van der Waals surface area contributed by atoms with Gasteiger partial charge in [0.2, 0.25) is 0 Å². The lowest BCUT2D eigenvalue weighted by Crippen LogP contribution is -2.02. The SMILES string of the molecule is CCCCCCOc1ccc(OCCCCCC)c(/C=C/c2cc(OCCCCCC)c3ccc(/C=C/c4cc(OCCCCCC)ccc4OCCCCCC)c(OCCCCCC)c3c2)c1. The van der Waals surface area contributed by atoms with Gasteiger partial charge in [-0.3, -0.25) is 0 Å². The molecule has 376 valence electrons. The first-order valence-electron chi connectivity index (χ1n) is 27.6. The van der Waals surface area contributed by atoms with Gasteiger partial charge in [-0.05, 0) is 98.7 Å². The van der Waals surface area contributed by atoms with Crippen molar-refractivity contribution in [1.82, 2.24) is 0 Å². The second kappa shape index (κ2) is 35.5. The van der Waals surface area contributed by atoms with Crippen LogP contribution in [0, 0.1) is 0 Å². The number of fused-ring (bicyclic) bond motifs is 1. The van der Waals surface area contributed by atoms with Crippen LogP contribution in [0.3, 0.4) is 0 Å². The molecule has 68 heavy (non-hydrogen) atoms. The standard InChI is InChI=1S/C62H92O6/c1-7-13-19-25-41-63-55-36-39-59(65-43-27-21-15-9-3)53(49-55)32-31-51-47-58-57(61(48-51)67-45-29-23-17-11-5)38-35-52(62(58)68-46-30-24-18-12-6)33-34-54-50-56(64-42-26-20-14-8-2)37-40-60(54)66-44-28-22-16-10-4/h31-40,47-50H,7-30,41-46H2,1-6H3/b32-31+,34-33+. The summed E-state index contributed by atoms with van der Waals surface area (Å²) in [6.45, 7) is 17.6. The Kier molecular flexibility index (Phi) is 29.3. The number of hydrogen-bond acceptors (Lipinski definition) is 6. The van der Waals surface area contributed by atoms with Crippen LogP contribution in [0.1, 0.15) is 218 Å². The van der Waals surface area contributed by atoms with Crippen molar-refractivity contribution in [2.45, 2.75) is 196 Å². The first kappa shape index (κ1) is 56.0. The maximum Gasteiger partial charge on any atom is 0.134 e. The summed E-state index contributed by atoms with van der Waals surface area (Å²) in [7, 11) is 0. The highest BCUT2D eigenvalue weighted by Crippen LogP contribution is 2.39. The molecule has 0 radical (unpaired) electrons. The van der Waals surface area contributed by atoms with Gasteiger partial charge < -0.3 is 28.4 Å². The molecule has 0 amide bonds. The molecular formula is C62H92O6. The van der Waals surface area contributed by atoms with Crippen LogP contribution in [0.15, 0.2) is 60.7 Å². The number of rotatable bonds is 40. The summed E-state index contributed by atoms with van der Waals surface area (Å²) >= 11 is 0. The van der Waals surface area contributed by atoms with Crippen LogP contribution in [0.5, 0.6) is 34.5 Å². The van der Waals surface area contributed by atoms with Gasteiger partial charge in [0.15, 0.2) is 0 Å². The van der Waals surface area contributed by atoms with Crippen LogP contribution in [-0.4, -0.2) is 39.6 Å². The predicted molar refractivity (Wildman–Crippen MR) is 293 cm³/mol. The number of unbranched alkanes of at least 4 members (excludes halogenated alkanes) is 18. The second-order valence-corrected chi connectivity index (χ2v) is 18.6. The van der Waals surface area contributed by atoms with Gasteiger partial charge in [-0.25, -0.2) is 0 Å². The average molecular weight is 933 g/mol. The molecule has 0 aliphatic rings. The number of ether oxygens (including phenoxy) is 6. The fourth-order valence-electron chi connectivity index (χ4n) is 8.32. The van der Waals surface area contributed by atoms with Crippen LogP contribution in [-0.2, 0) is 0 Å². The van der Waals surface area contributed by atoms with Crippen molar-refractivity contribution in [3.8, 4) is 34.5 Å². The van der Waals surface area contributed by atoms with E-state index in [1.165, 1.54) is 103 Å². The van der Waals surface area contributed by atoms with E-state index in [-0.39, 0.29) is 0 Å². The minimum atomic E-state index is 0.644. The van der Waals surface area contributed by atoms with E-state index in [1.807, 2.05) is 0 Å². The van der Waals surface area contributed by atoms with Crippen molar-refractivity contribution in [3.63, 3.8) is 0 Å². The molecule has 0 atom stereocenters. The van der Waals surface area contributed by atoms with Crippen LogP contribution in [0.25, 0.3) is 35.1 Å². The molecule has 4 rings (SSSR count). The van der Waals surface area contributed by atoms with Gasteiger partial charge in [0.05, 0.1) is 39.6 Å². The van der Waals surface area contributed by atoms with E-state index in [2.05, 4.69) is 127 Å². The second-order valence-electron chi connectivity index (χ2n) is 18.6. The smallest absolute Gasteiger partial charge is 0.134 e. The van der Waals surface area contributed by atoms with E-state index in [9.17, 15) is 0 Å².